The summed E-state index contributed by atoms with van der Waals surface area (Å²) in [5, 5.41) is 2.93. The highest BCUT2D eigenvalue weighted by molar-refractivity contribution is 5.77. The Labute approximate surface area is 144 Å². The second kappa shape index (κ2) is 6.88. The molecule has 0 atom stereocenters. The molecule has 0 bridgehead atoms. The van der Waals surface area contributed by atoms with E-state index in [-0.39, 0.29) is 11.6 Å². The zero-order valence-electron chi connectivity index (χ0n) is 14.6. The molecule has 0 aliphatic rings. The fraction of sp³-hybridized carbons (Fsp3) is 0.333. The lowest BCUT2D eigenvalue weighted by Crippen LogP contribution is -2.24. The molecule has 3 aromatic rings. The van der Waals surface area contributed by atoms with Crippen LogP contribution in [0.4, 0.5) is 0 Å². The van der Waals surface area contributed by atoms with Crippen molar-refractivity contribution < 1.29 is 4.79 Å². The lowest BCUT2D eigenvalue weighted by molar-refractivity contribution is -0.121. The van der Waals surface area contributed by atoms with Gasteiger partial charge in [-0.15, -0.1) is 0 Å². The summed E-state index contributed by atoms with van der Waals surface area (Å²) < 4.78 is 0. The fourth-order valence-corrected chi connectivity index (χ4v) is 2.95. The van der Waals surface area contributed by atoms with Gasteiger partial charge in [-0.1, -0.05) is 6.07 Å². The lowest BCUT2D eigenvalue weighted by atomic mass is 10.1. The third kappa shape index (κ3) is 3.93. The van der Waals surface area contributed by atoms with Gasteiger partial charge in [0.05, 0.1) is 11.0 Å². The number of hydrogen-bond acceptors (Lipinski definition) is 4. The van der Waals surface area contributed by atoms with E-state index < -0.39 is 0 Å². The maximum absolute atomic E-state index is 12.1. The van der Waals surface area contributed by atoms with Crippen LogP contribution in [0.1, 0.15) is 34.8 Å². The number of nitrogens with zero attached hydrogens (tertiary/aromatic N) is 2. The summed E-state index contributed by atoms with van der Waals surface area (Å²) in [5.41, 5.74) is 4.91. The first-order chi connectivity index (χ1) is 11.9. The Morgan fingerprint density at radius 1 is 1.16 bits per heavy atom. The number of nitrogens with one attached hydrogen (secondary N) is 3. The van der Waals surface area contributed by atoms with Crippen molar-refractivity contribution in [2.45, 2.75) is 40.2 Å². The van der Waals surface area contributed by atoms with Crippen LogP contribution in [0.5, 0.6) is 0 Å². The first-order valence-corrected chi connectivity index (χ1v) is 8.20. The van der Waals surface area contributed by atoms with Gasteiger partial charge in [-0.05, 0) is 50.5 Å². The van der Waals surface area contributed by atoms with Crippen LogP contribution in [0.15, 0.2) is 23.0 Å². The van der Waals surface area contributed by atoms with Crippen LogP contribution in [-0.4, -0.2) is 25.8 Å². The number of hydrogen-bond donors (Lipinski definition) is 3. The molecule has 0 fully saturated rings. The molecular weight excluding hydrogens is 318 g/mol. The maximum atomic E-state index is 12.1. The quantitative estimate of drug-likeness (QED) is 0.659. The average Bonchev–Trinajstić information content (AvgIpc) is 2.91. The van der Waals surface area contributed by atoms with E-state index >= 15 is 0 Å². The van der Waals surface area contributed by atoms with E-state index in [0.29, 0.717) is 25.1 Å². The number of benzene rings is 1. The van der Waals surface area contributed by atoms with Gasteiger partial charge in [-0.3, -0.25) is 4.79 Å². The molecule has 2 aromatic heterocycles. The van der Waals surface area contributed by atoms with Gasteiger partial charge in [0.15, 0.2) is 0 Å². The summed E-state index contributed by atoms with van der Waals surface area (Å²) in [6.07, 6.45) is 0.896. The van der Waals surface area contributed by atoms with Gasteiger partial charge in [0, 0.05) is 24.4 Å². The predicted octanol–water partition coefficient (Wildman–Crippen LogP) is 1.82. The summed E-state index contributed by atoms with van der Waals surface area (Å²) >= 11 is 0. The molecule has 7 heteroatoms. The smallest absolute Gasteiger partial charge is 0.345 e. The van der Waals surface area contributed by atoms with Crippen LogP contribution < -0.4 is 11.0 Å². The van der Waals surface area contributed by atoms with Crippen molar-refractivity contribution >= 4 is 16.9 Å². The van der Waals surface area contributed by atoms with Gasteiger partial charge in [0.2, 0.25) is 5.91 Å². The van der Waals surface area contributed by atoms with Crippen LogP contribution in [0.3, 0.4) is 0 Å². The molecule has 0 saturated carbocycles. The maximum Gasteiger partial charge on any atom is 0.345 e. The normalized spacial score (nSPS) is 11.0. The molecule has 3 rings (SSSR count). The monoisotopic (exact) mass is 339 g/mol. The number of fused-ring (bicyclic) bond motifs is 1. The highest BCUT2D eigenvalue weighted by Crippen LogP contribution is 2.14. The van der Waals surface area contributed by atoms with Crippen LogP contribution in [-0.2, 0) is 17.8 Å². The van der Waals surface area contributed by atoms with E-state index in [0.717, 1.165) is 33.7 Å². The molecule has 0 radical (unpaired) electrons. The summed E-state index contributed by atoms with van der Waals surface area (Å²) in [6.45, 7) is 5.99. The molecule has 130 valence electrons. The van der Waals surface area contributed by atoms with Crippen molar-refractivity contribution in [3.63, 3.8) is 0 Å². The van der Waals surface area contributed by atoms with Crippen molar-refractivity contribution in [1.82, 2.24) is 25.3 Å². The van der Waals surface area contributed by atoms with E-state index in [2.05, 4.69) is 25.3 Å². The number of carbonyl (C=O) groups is 1. The van der Waals surface area contributed by atoms with E-state index in [1.165, 1.54) is 0 Å². The van der Waals surface area contributed by atoms with Gasteiger partial charge in [-0.25, -0.2) is 9.78 Å². The highest BCUT2D eigenvalue weighted by atomic mass is 16.1. The molecule has 0 unspecified atom stereocenters. The highest BCUT2D eigenvalue weighted by Gasteiger charge is 2.09. The number of aromatic amines is 2. The summed E-state index contributed by atoms with van der Waals surface area (Å²) in [7, 11) is 0. The van der Waals surface area contributed by atoms with Gasteiger partial charge in [0.1, 0.15) is 5.82 Å². The molecule has 0 saturated heterocycles. The Bertz CT molecular complexity index is 961. The minimum atomic E-state index is -0.354. The number of aromatic nitrogens is 4. The first kappa shape index (κ1) is 16.9. The third-order valence-electron chi connectivity index (χ3n) is 4.21. The van der Waals surface area contributed by atoms with Crippen molar-refractivity contribution in [2.75, 3.05) is 0 Å². The molecule has 1 amide bonds. The van der Waals surface area contributed by atoms with Crippen molar-refractivity contribution in [2.24, 2.45) is 0 Å². The molecular formula is C18H21N5O2. The van der Waals surface area contributed by atoms with Gasteiger partial charge in [0.25, 0.3) is 0 Å². The molecule has 0 aliphatic carbocycles. The van der Waals surface area contributed by atoms with Crippen LogP contribution in [0.2, 0.25) is 0 Å². The van der Waals surface area contributed by atoms with Crippen LogP contribution in [0.25, 0.3) is 11.0 Å². The second-order valence-electron chi connectivity index (χ2n) is 6.18. The fourth-order valence-electron chi connectivity index (χ4n) is 2.95. The summed E-state index contributed by atoms with van der Waals surface area (Å²) in [6, 6.07) is 5.90. The first-order valence-electron chi connectivity index (χ1n) is 8.20. The predicted molar refractivity (Wildman–Crippen MR) is 95.3 cm³/mol. The number of amides is 1. The van der Waals surface area contributed by atoms with E-state index in [4.69, 9.17) is 0 Å². The third-order valence-corrected chi connectivity index (χ3v) is 4.21. The summed E-state index contributed by atoms with van der Waals surface area (Å²) in [5.74, 6) is 0.835. The molecule has 1 aromatic carbocycles. The molecule has 0 aliphatic heterocycles. The standard InChI is InChI=1S/C18H21N5O2/c1-10-14(11(2)21-18(25)20-10)5-7-17(24)19-9-13-4-6-15-16(8-13)23-12(3)22-15/h4,6,8H,5,7,9H2,1-3H3,(H,19,24)(H,22,23)(H,20,21,25). The molecule has 2 heterocycles. The number of H-pyrrole nitrogens is 2. The summed E-state index contributed by atoms with van der Waals surface area (Å²) in [4.78, 5) is 37.5. The van der Waals surface area contributed by atoms with Gasteiger partial charge >= 0.3 is 5.69 Å². The molecule has 7 nitrogen and oxygen atoms in total. The lowest BCUT2D eigenvalue weighted by Gasteiger charge is -2.09. The number of rotatable bonds is 5. The number of carbonyl (C=O) groups excluding carboxylic acids is 1. The van der Waals surface area contributed by atoms with Crippen molar-refractivity contribution in [1.29, 1.82) is 0 Å². The number of imidazole rings is 1. The van der Waals surface area contributed by atoms with Crippen LogP contribution in [0, 0.1) is 20.8 Å². The number of aryl methyl sites for hydroxylation is 3. The Morgan fingerprint density at radius 3 is 2.72 bits per heavy atom. The van der Waals surface area contributed by atoms with Crippen molar-refractivity contribution in [3.05, 3.63) is 57.0 Å². The minimum Gasteiger partial charge on any atom is -0.352 e. The van der Waals surface area contributed by atoms with Gasteiger partial charge in [-0.2, -0.15) is 4.98 Å². The Morgan fingerprint density at radius 2 is 1.96 bits per heavy atom. The zero-order valence-corrected chi connectivity index (χ0v) is 14.6. The zero-order chi connectivity index (χ0) is 18.0. The topological polar surface area (TPSA) is 104 Å². The van der Waals surface area contributed by atoms with Gasteiger partial charge < -0.3 is 15.3 Å². The average molecular weight is 339 g/mol. The van der Waals surface area contributed by atoms with E-state index in [1.54, 1.807) is 6.92 Å². The second-order valence-corrected chi connectivity index (χ2v) is 6.18. The SMILES string of the molecule is Cc1nc2ccc(CNC(=O)CCc3c(C)nc(=O)[nH]c3C)cc2[nH]1. The minimum absolute atomic E-state index is 0.0362. The Hall–Kier alpha value is -2.96. The Kier molecular flexibility index (Phi) is 4.65. The van der Waals surface area contributed by atoms with Crippen LogP contribution >= 0.6 is 0 Å². The largest absolute Gasteiger partial charge is 0.352 e. The molecule has 3 N–H and O–H groups in total. The molecule has 0 spiro atoms. The van der Waals surface area contributed by atoms with E-state index in [9.17, 15) is 9.59 Å². The van der Waals surface area contributed by atoms with E-state index in [1.807, 2.05) is 32.0 Å². The molecule has 25 heavy (non-hydrogen) atoms. The van der Waals surface area contributed by atoms with Crippen molar-refractivity contribution in [3.8, 4) is 0 Å². The Balaban J connectivity index is 1.58.